The SMILES string of the molecule is CCOP(=O)(COCCO[Si](C)(C)C(C)(C)C)OCC. The highest BCUT2D eigenvalue weighted by molar-refractivity contribution is 7.53. The van der Waals surface area contributed by atoms with Crippen molar-refractivity contribution < 1.29 is 22.8 Å². The van der Waals surface area contributed by atoms with Crippen LogP contribution in [0.3, 0.4) is 0 Å². The number of hydrogen-bond donors (Lipinski definition) is 0. The van der Waals surface area contributed by atoms with Crippen LogP contribution in [0.5, 0.6) is 0 Å². The van der Waals surface area contributed by atoms with Crippen LogP contribution in [0.1, 0.15) is 34.6 Å². The van der Waals surface area contributed by atoms with Crippen LogP contribution in [0.15, 0.2) is 0 Å². The van der Waals surface area contributed by atoms with Crippen LogP contribution in [-0.4, -0.2) is 41.1 Å². The van der Waals surface area contributed by atoms with Crippen LogP contribution in [0.4, 0.5) is 0 Å². The first kappa shape index (κ1) is 20.3. The van der Waals surface area contributed by atoms with Gasteiger partial charge in [-0.1, -0.05) is 20.8 Å². The van der Waals surface area contributed by atoms with Crippen molar-refractivity contribution in [2.45, 2.75) is 52.8 Å². The molecule has 0 atom stereocenters. The molecular weight excluding hydrogens is 295 g/mol. The lowest BCUT2D eigenvalue weighted by molar-refractivity contribution is 0.102. The standard InChI is InChI=1S/C13H31O5PSi/c1-8-16-19(14,17-9-2)12-15-10-11-18-20(6,7)13(3,4)5/h8-12H2,1-7H3. The lowest BCUT2D eigenvalue weighted by Crippen LogP contribution is -2.41. The number of hydrogen-bond acceptors (Lipinski definition) is 5. The van der Waals surface area contributed by atoms with Gasteiger partial charge in [0.2, 0.25) is 0 Å². The summed E-state index contributed by atoms with van der Waals surface area (Å²) in [6.07, 6.45) is -0.0183. The summed E-state index contributed by atoms with van der Waals surface area (Å²) in [7, 11) is -4.84. The van der Waals surface area contributed by atoms with Gasteiger partial charge in [0, 0.05) is 0 Å². The van der Waals surface area contributed by atoms with E-state index in [-0.39, 0.29) is 11.4 Å². The van der Waals surface area contributed by atoms with Gasteiger partial charge in [-0.15, -0.1) is 0 Å². The second-order valence-electron chi connectivity index (χ2n) is 6.09. The summed E-state index contributed by atoms with van der Waals surface area (Å²) in [6.45, 7) is 16.1. The molecule has 0 N–H and O–H groups in total. The fourth-order valence-electron chi connectivity index (χ4n) is 1.25. The van der Waals surface area contributed by atoms with Crippen molar-refractivity contribution in [2.24, 2.45) is 0 Å². The van der Waals surface area contributed by atoms with Gasteiger partial charge < -0.3 is 18.2 Å². The smallest absolute Gasteiger partial charge is 0.356 e. The van der Waals surface area contributed by atoms with E-state index in [0.717, 1.165) is 0 Å². The highest BCUT2D eigenvalue weighted by Crippen LogP contribution is 2.47. The molecule has 0 fully saturated rings. The van der Waals surface area contributed by atoms with E-state index in [9.17, 15) is 4.57 Å². The van der Waals surface area contributed by atoms with E-state index in [1.807, 2.05) is 0 Å². The third-order valence-electron chi connectivity index (χ3n) is 3.40. The van der Waals surface area contributed by atoms with Crippen LogP contribution in [0, 0.1) is 0 Å². The Hall–Kier alpha value is 0.287. The molecule has 0 spiro atoms. The van der Waals surface area contributed by atoms with Crippen LogP contribution < -0.4 is 0 Å². The summed E-state index contributed by atoms with van der Waals surface area (Å²) in [5.41, 5.74) is 0. The van der Waals surface area contributed by atoms with Crippen LogP contribution in [0.2, 0.25) is 18.1 Å². The fourth-order valence-corrected chi connectivity index (χ4v) is 3.64. The molecule has 0 heterocycles. The Morgan fingerprint density at radius 1 is 1.00 bits per heavy atom. The molecule has 0 unspecified atom stereocenters. The Morgan fingerprint density at radius 2 is 1.50 bits per heavy atom. The highest BCUT2D eigenvalue weighted by Gasteiger charge is 2.36. The molecule has 7 heteroatoms. The van der Waals surface area contributed by atoms with Gasteiger partial charge in [-0.3, -0.25) is 4.57 Å². The van der Waals surface area contributed by atoms with E-state index in [2.05, 4.69) is 33.9 Å². The number of rotatable bonds is 10. The zero-order valence-electron chi connectivity index (χ0n) is 14.0. The minimum atomic E-state index is -3.10. The van der Waals surface area contributed by atoms with Gasteiger partial charge in [0.25, 0.3) is 0 Å². The maximum absolute atomic E-state index is 12.1. The molecule has 0 aliphatic carbocycles. The predicted molar refractivity (Wildman–Crippen MR) is 84.8 cm³/mol. The zero-order chi connectivity index (χ0) is 15.9. The maximum atomic E-state index is 12.1. The molecule has 0 aliphatic heterocycles. The summed E-state index contributed by atoms with van der Waals surface area (Å²) in [4.78, 5) is 0. The molecular formula is C13H31O5PSi. The van der Waals surface area contributed by atoms with Crippen molar-refractivity contribution in [1.29, 1.82) is 0 Å². The first-order valence-electron chi connectivity index (χ1n) is 7.18. The summed E-state index contributed by atoms with van der Waals surface area (Å²) >= 11 is 0. The van der Waals surface area contributed by atoms with Crippen molar-refractivity contribution in [3.05, 3.63) is 0 Å². The Labute approximate surface area is 125 Å². The molecule has 0 amide bonds. The molecule has 0 aromatic rings. The topological polar surface area (TPSA) is 54.0 Å². The quantitative estimate of drug-likeness (QED) is 0.341. The van der Waals surface area contributed by atoms with Crippen molar-refractivity contribution >= 4 is 15.9 Å². The van der Waals surface area contributed by atoms with Gasteiger partial charge in [0.15, 0.2) is 8.32 Å². The molecule has 0 aromatic heterocycles. The lowest BCUT2D eigenvalue weighted by Gasteiger charge is -2.36. The van der Waals surface area contributed by atoms with E-state index in [1.165, 1.54) is 0 Å². The minimum Gasteiger partial charge on any atom is -0.414 e. The Bertz CT molecular complexity index is 304. The van der Waals surface area contributed by atoms with Gasteiger partial charge in [0.1, 0.15) is 6.35 Å². The maximum Gasteiger partial charge on any atom is 0.356 e. The fraction of sp³-hybridized carbons (Fsp3) is 1.00. The monoisotopic (exact) mass is 326 g/mol. The van der Waals surface area contributed by atoms with E-state index in [4.69, 9.17) is 18.2 Å². The second kappa shape index (κ2) is 8.66. The number of ether oxygens (including phenoxy) is 1. The van der Waals surface area contributed by atoms with Crippen molar-refractivity contribution in [1.82, 2.24) is 0 Å². The van der Waals surface area contributed by atoms with Crippen LogP contribution >= 0.6 is 7.60 Å². The molecule has 122 valence electrons. The van der Waals surface area contributed by atoms with Gasteiger partial charge in [-0.2, -0.15) is 0 Å². The highest BCUT2D eigenvalue weighted by atomic mass is 31.2. The summed E-state index contributed by atoms with van der Waals surface area (Å²) in [6, 6.07) is 0. The third-order valence-corrected chi connectivity index (χ3v) is 9.74. The van der Waals surface area contributed by atoms with Crippen molar-refractivity contribution in [3.8, 4) is 0 Å². The zero-order valence-corrected chi connectivity index (χ0v) is 15.9. The van der Waals surface area contributed by atoms with Gasteiger partial charge in [-0.25, -0.2) is 0 Å². The van der Waals surface area contributed by atoms with E-state index in [1.54, 1.807) is 13.8 Å². The second-order valence-corrected chi connectivity index (χ2v) is 12.9. The Morgan fingerprint density at radius 3 is 1.90 bits per heavy atom. The average Bonchev–Trinajstić information content (AvgIpc) is 2.27. The van der Waals surface area contributed by atoms with Crippen LogP contribution in [0.25, 0.3) is 0 Å². The molecule has 0 saturated carbocycles. The summed E-state index contributed by atoms with van der Waals surface area (Å²) in [5, 5.41) is 0.179. The van der Waals surface area contributed by atoms with E-state index < -0.39 is 15.9 Å². The molecule has 0 rings (SSSR count). The van der Waals surface area contributed by atoms with Crippen molar-refractivity contribution in [2.75, 3.05) is 32.8 Å². The molecule has 0 aliphatic rings. The molecule has 0 saturated heterocycles. The third kappa shape index (κ3) is 7.34. The average molecular weight is 326 g/mol. The Balaban J connectivity index is 4.05. The van der Waals surface area contributed by atoms with Crippen LogP contribution in [-0.2, 0) is 22.8 Å². The normalized spacial score (nSPS) is 13.8. The lowest BCUT2D eigenvalue weighted by atomic mass is 10.2. The van der Waals surface area contributed by atoms with Crippen molar-refractivity contribution in [3.63, 3.8) is 0 Å². The van der Waals surface area contributed by atoms with E-state index in [0.29, 0.717) is 26.4 Å². The van der Waals surface area contributed by atoms with Gasteiger partial charge in [-0.05, 0) is 32.0 Å². The molecule has 5 nitrogen and oxygen atoms in total. The first-order valence-corrected chi connectivity index (χ1v) is 11.8. The minimum absolute atomic E-state index is 0.0183. The molecule has 0 aromatic carbocycles. The molecule has 0 bridgehead atoms. The summed E-state index contributed by atoms with van der Waals surface area (Å²) in [5.74, 6) is 0. The van der Waals surface area contributed by atoms with Gasteiger partial charge in [0.05, 0.1) is 26.4 Å². The Kier molecular flexibility index (Phi) is 8.79. The predicted octanol–water partition coefficient (Wildman–Crippen LogP) is 4.25. The van der Waals surface area contributed by atoms with Gasteiger partial charge >= 0.3 is 7.60 Å². The first-order chi connectivity index (χ1) is 9.08. The molecule has 0 radical (unpaired) electrons. The largest absolute Gasteiger partial charge is 0.414 e. The summed E-state index contributed by atoms with van der Waals surface area (Å²) < 4.78 is 33.8. The molecule has 20 heavy (non-hydrogen) atoms. The van der Waals surface area contributed by atoms with E-state index >= 15 is 0 Å².